The van der Waals surface area contributed by atoms with E-state index in [1.807, 2.05) is 12.1 Å². The molecule has 0 aliphatic rings. The molecule has 0 aliphatic carbocycles. The van der Waals surface area contributed by atoms with E-state index in [0.29, 0.717) is 0 Å². The van der Waals surface area contributed by atoms with Gasteiger partial charge >= 0.3 is 0 Å². The van der Waals surface area contributed by atoms with Crippen LogP contribution in [0.15, 0.2) is 29.2 Å². The van der Waals surface area contributed by atoms with Crippen molar-refractivity contribution in [3.8, 4) is 0 Å². The summed E-state index contributed by atoms with van der Waals surface area (Å²) in [6, 6.07) is 6.87. The van der Waals surface area contributed by atoms with Crippen LogP contribution in [0.1, 0.15) is 32.8 Å². The van der Waals surface area contributed by atoms with Crippen molar-refractivity contribution >= 4 is 15.9 Å². The highest BCUT2D eigenvalue weighted by molar-refractivity contribution is 7.89. The largest absolute Gasteiger partial charge is 0.387 e. The zero-order chi connectivity index (χ0) is 15.4. The maximum absolute atomic E-state index is 12.1. The van der Waals surface area contributed by atoms with E-state index in [-0.39, 0.29) is 17.3 Å². The first-order chi connectivity index (χ1) is 9.19. The molecule has 0 saturated heterocycles. The molecule has 4 N–H and O–H groups in total. The van der Waals surface area contributed by atoms with Gasteiger partial charge in [0.05, 0.1) is 10.7 Å². The maximum Gasteiger partial charge on any atom is 0.240 e. The van der Waals surface area contributed by atoms with Crippen molar-refractivity contribution in [1.82, 2.24) is 4.72 Å². The molecule has 0 spiro atoms. The van der Waals surface area contributed by atoms with Crippen LogP contribution in [-0.4, -0.2) is 20.8 Å². The van der Waals surface area contributed by atoms with Crippen molar-refractivity contribution < 1.29 is 8.42 Å². The van der Waals surface area contributed by atoms with Crippen molar-refractivity contribution in [1.29, 1.82) is 5.41 Å². The van der Waals surface area contributed by atoms with E-state index in [9.17, 15) is 8.42 Å². The highest BCUT2D eigenvalue weighted by Crippen LogP contribution is 2.16. The van der Waals surface area contributed by atoms with E-state index in [0.717, 1.165) is 18.4 Å². The summed E-state index contributed by atoms with van der Waals surface area (Å²) in [7, 11) is -3.56. The molecule has 0 saturated carbocycles. The Morgan fingerprint density at radius 2 is 1.85 bits per heavy atom. The van der Waals surface area contributed by atoms with Crippen molar-refractivity contribution in [3.63, 3.8) is 0 Å². The zero-order valence-electron chi connectivity index (χ0n) is 12.2. The lowest BCUT2D eigenvalue weighted by Crippen LogP contribution is -2.42. The van der Waals surface area contributed by atoms with Gasteiger partial charge in [0.2, 0.25) is 10.0 Å². The van der Waals surface area contributed by atoms with Crippen molar-refractivity contribution in [3.05, 3.63) is 29.8 Å². The lowest BCUT2D eigenvalue weighted by Gasteiger charge is -2.23. The topological polar surface area (TPSA) is 96.0 Å². The molecule has 0 atom stereocenters. The monoisotopic (exact) mass is 297 g/mol. The Labute approximate surface area is 121 Å². The molecule has 0 bridgehead atoms. The number of aryl methyl sites for hydroxylation is 1. The average Bonchev–Trinajstić information content (AvgIpc) is 2.38. The quantitative estimate of drug-likeness (QED) is 0.529. The minimum atomic E-state index is -3.56. The number of amidine groups is 1. The second-order valence-corrected chi connectivity index (χ2v) is 7.28. The van der Waals surface area contributed by atoms with Crippen LogP contribution in [0.2, 0.25) is 0 Å². The minimum Gasteiger partial charge on any atom is -0.387 e. The first-order valence-corrected chi connectivity index (χ1v) is 8.10. The van der Waals surface area contributed by atoms with Crippen LogP contribution in [0.25, 0.3) is 0 Å². The molecule has 20 heavy (non-hydrogen) atoms. The predicted octanol–water partition coefficient (Wildman–Crippen LogP) is 1.88. The smallest absolute Gasteiger partial charge is 0.240 e. The van der Waals surface area contributed by atoms with E-state index in [4.69, 9.17) is 11.1 Å². The highest BCUT2D eigenvalue weighted by atomic mass is 32.2. The van der Waals surface area contributed by atoms with Crippen molar-refractivity contribution in [2.24, 2.45) is 11.1 Å². The third kappa shape index (κ3) is 4.31. The van der Waals surface area contributed by atoms with Gasteiger partial charge in [0.25, 0.3) is 0 Å². The number of benzene rings is 1. The fourth-order valence-electron chi connectivity index (χ4n) is 1.58. The third-order valence-electron chi connectivity index (χ3n) is 3.21. The molecule has 0 aromatic heterocycles. The molecule has 0 aliphatic heterocycles. The standard InChI is InChI=1S/C14H23N3O2S/c1-4-5-11-6-8-12(9-7-11)20(18,19)17-10-14(2,3)13(15)16/h6-9,17H,4-5,10H2,1-3H3,(H3,15,16). The molecule has 5 nitrogen and oxygen atoms in total. The summed E-state index contributed by atoms with van der Waals surface area (Å²) < 4.78 is 26.8. The molecular formula is C14H23N3O2S. The third-order valence-corrected chi connectivity index (χ3v) is 4.62. The summed E-state index contributed by atoms with van der Waals surface area (Å²) in [6.45, 7) is 5.63. The highest BCUT2D eigenvalue weighted by Gasteiger charge is 2.25. The molecular weight excluding hydrogens is 274 g/mol. The second kappa shape index (κ2) is 6.37. The van der Waals surface area contributed by atoms with Gasteiger partial charge in [-0.25, -0.2) is 13.1 Å². The fourth-order valence-corrected chi connectivity index (χ4v) is 2.79. The van der Waals surface area contributed by atoms with Crippen molar-refractivity contribution in [2.45, 2.75) is 38.5 Å². The summed E-state index contributed by atoms with van der Waals surface area (Å²) in [5.41, 5.74) is 5.86. The SMILES string of the molecule is CCCc1ccc(S(=O)(=O)NCC(C)(C)C(=N)N)cc1. The summed E-state index contributed by atoms with van der Waals surface area (Å²) in [6.07, 6.45) is 1.96. The van der Waals surface area contributed by atoms with Crippen LogP contribution in [0.5, 0.6) is 0 Å². The number of hydrogen-bond donors (Lipinski definition) is 3. The second-order valence-electron chi connectivity index (χ2n) is 5.52. The molecule has 1 aromatic rings. The van der Waals surface area contributed by atoms with Crippen LogP contribution >= 0.6 is 0 Å². The number of sulfonamides is 1. The van der Waals surface area contributed by atoms with Gasteiger partial charge in [0, 0.05) is 12.0 Å². The maximum atomic E-state index is 12.1. The van der Waals surface area contributed by atoms with E-state index in [1.54, 1.807) is 26.0 Å². The van der Waals surface area contributed by atoms with Crippen LogP contribution in [0.4, 0.5) is 0 Å². The molecule has 0 heterocycles. The lowest BCUT2D eigenvalue weighted by molar-refractivity contribution is 0.493. The summed E-state index contributed by atoms with van der Waals surface area (Å²) >= 11 is 0. The van der Waals surface area contributed by atoms with Gasteiger partial charge < -0.3 is 5.73 Å². The average molecular weight is 297 g/mol. The molecule has 1 rings (SSSR count). The molecule has 6 heteroatoms. The number of hydrogen-bond acceptors (Lipinski definition) is 3. The Morgan fingerprint density at radius 1 is 1.30 bits per heavy atom. The molecule has 0 radical (unpaired) electrons. The summed E-state index contributed by atoms with van der Waals surface area (Å²) in [4.78, 5) is 0.233. The predicted molar refractivity (Wildman–Crippen MR) is 81.3 cm³/mol. The first-order valence-electron chi connectivity index (χ1n) is 6.62. The number of nitrogens with one attached hydrogen (secondary N) is 2. The van der Waals surface area contributed by atoms with E-state index in [2.05, 4.69) is 11.6 Å². The van der Waals surface area contributed by atoms with E-state index < -0.39 is 15.4 Å². The molecule has 112 valence electrons. The zero-order valence-corrected chi connectivity index (χ0v) is 13.0. The Morgan fingerprint density at radius 3 is 2.30 bits per heavy atom. The lowest BCUT2D eigenvalue weighted by atomic mass is 9.93. The Hall–Kier alpha value is -1.40. The molecule has 0 amide bonds. The number of nitrogens with two attached hydrogens (primary N) is 1. The molecule has 0 unspecified atom stereocenters. The van der Waals surface area contributed by atoms with Gasteiger partial charge in [-0.2, -0.15) is 0 Å². The normalized spacial score (nSPS) is 12.3. The summed E-state index contributed by atoms with van der Waals surface area (Å²) in [5.74, 6) is -0.0431. The van der Waals surface area contributed by atoms with E-state index in [1.165, 1.54) is 0 Å². The Balaban J connectivity index is 2.81. The Bertz CT molecular complexity index is 563. The van der Waals surface area contributed by atoms with Gasteiger partial charge in [-0.1, -0.05) is 39.3 Å². The summed E-state index contributed by atoms with van der Waals surface area (Å²) in [5, 5.41) is 7.43. The minimum absolute atomic E-state index is 0.0431. The molecule has 0 fully saturated rings. The van der Waals surface area contributed by atoms with Crippen LogP contribution in [-0.2, 0) is 16.4 Å². The van der Waals surface area contributed by atoms with Gasteiger partial charge in [-0.05, 0) is 24.1 Å². The van der Waals surface area contributed by atoms with Gasteiger partial charge in [-0.15, -0.1) is 0 Å². The van der Waals surface area contributed by atoms with Crippen LogP contribution < -0.4 is 10.5 Å². The van der Waals surface area contributed by atoms with Crippen LogP contribution in [0.3, 0.4) is 0 Å². The van der Waals surface area contributed by atoms with Crippen LogP contribution in [0, 0.1) is 10.8 Å². The van der Waals surface area contributed by atoms with Gasteiger partial charge in [-0.3, -0.25) is 5.41 Å². The molecule has 1 aromatic carbocycles. The first kappa shape index (κ1) is 16.7. The Kier molecular flexibility index (Phi) is 5.30. The van der Waals surface area contributed by atoms with Gasteiger partial charge in [0.1, 0.15) is 0 Å². The fraction of sp³-hybridized carbons (Fsp3) is 0.500. The van der Waals surface area contributed by atoms with Gasteiger partial charge in [0.15, 0.2) is 0 Å². The van der Waals surface area contributed by atoms with E-state index >= 15 is 0 Å². The van der Waals surface area contributed by atoms with Crippen molar-refractivity contribution in [2.75, 3.05) is 6.54 Å². The number of rotatable bonds is 7.